The van der Waals surface area contributed by atoms with Crippen LogP contribution in [0.15, 0.2) is 54.9 Å². The van der Waals surface area contributed by atoms with Gasteiger partial charge in [-0.1, -0.05) is 42.3 Å². The Morgan fingerprint density at radius 1 is 1.09 bits per heavy atom. The number of aromatic nitrogens is 2. The topological polar surface area (TPSA) is 84.1 Å². The summed E-state index contributed by atoms with van der Waals surface area (Å²) in [6, 6.07) is 15.4. The molecule has 1 saturated carbocycles. The molecule has 0 saturated heterocycles. The zero-order valence-corrected chi connectivity index (χ0v) is 17.6. The molecule has 0 bridgehead atoms. The standard InChI is InChI=1S/C25H24FN5O/c1-2-17-3-9-20(10-4-17)15-31(21-11-12-21)25-23(26)24(29-16-30-25)28-14-19-7-5-18(6-8-19)13-22(27)32/h1,3-10,16,21H,11-15H2,(H2,27,32)(H,28,29,30). The number of hydrogen-bond acceptors (Lipinski definition) is 5. The summed E-state index contributed by atoms with van der Waals surface area (Å²) < 4.78 is 15.3. The Hall–Kier alpha value is -3.92. The number of halogens is 1. The Bertz CT molecular complexity index is 1130. The molecule has 4 rings (SSSR count). The van der Waals surface area contributed by atoms with Gasteiger partial charge in [-0.2, -0.15) is 4.39 Å². The molecule has 0 atom stereocenters. The van der Waals surface area contributed by atoms with Crippen molar-refractivity contribution in [2.75, 3.05) is 10.2 Å². The predicted molar refractivity (Wildman–Crippen MR) is 122 cm³/mol. The van der Waals surface area contributed by atoms with Crippen molar-refractivity contribution in [3.05, 3.63) is 82.9 Å². The van der Waals surface area contributed by atoms with Crippen molar-refractivity contribution in [1.82, 2.24) is 9.97 Å². The molecule has 162 valence electrons. The monoisotopic (exact) mass is 429 g/mol. The Kier molecular flexibility index (Phi) is 6.31. The third kappa shape index (κ3) is 5.22. The first-order chi connectivity index (χ1) is 15.5. The molecular weight excluding hydrogens is 405 g/mol. The van der Waals surface area contributed by atoms with Crippen LogP contribution < -0.4 is 16.0 Å². The average molecular weight is 429 g/mol. The smallest absolute Gasteiger partial charge is 0.221 e. The number of nitrogens with zero attached hydrogens (tertiary/aromatic N) is 3. The molecule has 32 heavy (non-hydrogen) atoms. The SMILES string of the molecule is C#Cc1ccc(CN(c2ncnc(NCc3ccc(CC(N)=O)cc3)c2F)C2CC2)cc1. The van der Waals surface area contributed by atoms with Gasteiger partial charge in [-0.05, 0) is 41.7 Å². The second-order valence-corrected chi connectivity index (χ2v) is 7.87. The number of hydrogen-bond donors (Lipinski definition) is 2. The summed E-state index contributed by atoms with van der Waals surface area (Å²) in [4.78, 5) is 21.4. The molecule has 0 spiro atoms. The minimum Gasteiger partial charge on any atom is -0.369 e. The van der Waals surface area contributed by atoms with E-state index in [0.717, 1.165) is 35.1 Å². The van der Waals surface area contributed by atoms with Gasteiger partial charge in [0.15, 0.2) is 11.6 Å². The van der Waals surface area contributed by atoms with Crippen molar-refractivity contribution < 1.29 is 9.18 Å². The number of rotatable bonds is 9. The van der Waals surface area contributed by atoms with Gasteiger partial charge in [0.05, 0.1) is 6.42 Å². The number of nitrogens with two attached hydrogens (primary N) is 1. The van der Waals surface area contributed by atoms with E-state index in [-0.39, 0.29) is 24.2 Å². The second kappa shape index (κ2) is 9.48. The number of carbonyl (C=O) groups excluding carboxylic acids is 1. The fourth-order valence-electron chi connectivity index (χ4n) is 3.51. The highest BCUT2D eigenvalue weighted by molar-refractivity contribution is 5.76. The van der Waals surface area contributed by atoms with Crippen LogP contribution in [-0.2, 0) is 24.3 Å². The van der Waals surface area contributed by atoms with E-state index in [1.54, 1.807) is 0 Å². The highest BCUT2D eigenvalue weighted by atomic mass is 19.1. The van der Waals surface area contributed by atoms with E-state index in [1.807, 2.05) is 53.4 Å². The van der Waals surface area contributed by atoms with Gasteiger partial charge in [-0.15, -0.1) is 6.42 Å². The van der Waals surface area contributed by atoms with Crippen molar-refractivity contribution in [3.8, 4) is 12.3 Å². The van der Waals surface area contributed by atoms with Crippen LogP contribution in [0, 0.1) is 18.2 Å². The van der Waals surface area contributed by atoms with Crippen LogP contribution in [0.4, 0.5) is 16.0 Å². The normalized spacial score (nSPS) is 12.8. The zero-order chi connectivity index (χ0) is 22.5. The van der Waals surface area contributed by atoms with Crippen molar-refractivity contribution in [3.63, 3.8) is 0 Å². The zero-order valence-electron chi connectivity index (χ0n) is 17.6. The average Bonchev–Trinajstić information content (AvgIpc) is 3.63. The molecule has 2 aromatic carbocycles. The minimum atomic E-state index is -0.468. The molecule has 1 aliphatic carbocycles. The molecule has 0 radical (unpaired) electrons. The van der Waals surface area contributed by atoms with Crippen LogP contribution in [0.2, 0.25) is 0 Å². The lowest BCUT2D eigenvalue weighted by Gasteiger charge is -2.24. The molecule has 1 amide bonds. The molecule has 0 unspecified atom stereocenters. The maximum atomic E-state index is 15.3. The number of primary amides is 1. The molecule has 3 N–H and O–H groups in total. The van der Waals surface area contributed by atoms with E-state index in [9.17, 15) is 4.79 Å². The van der Waals surface area contributed by atoms with E-state index in [0.29, 0.717) is 18.9 Å². The summed E-state index contributed by atoms with van der Waals surface area (Å²) in [5, 5.41) is 3.06. The number of benzene rings is 2. The predicted octanol–water partition coefficient (Wildman–Crippen LogP) is 3.41. The van der Waals surface area contributed by atoms with Gasteiger partial charge in [-0.3, -0.25) is 4.79 Å². The van der Waals surface area contributed by atoms with E-state index in [2.05, 4.69) is 21.2 Å². The highest BCUT2D eigenvalue weighted by Gasteiger charge is 2.32. The van der Waals surface area contributed by atoms with Gasteiger partial charge in [0.1, 0.15) is 6.33 Å². The van der Waals surface area contributed by atoms with Crippen LogP contribution in [0.25, 0.3) is 0 Å². The van der Waals surface area contributed by atoms with Gasteiger partial charge in [0, 0.05) is 24.7 Å². The first-order valence-corrected chi connectivity index (χ1v) is 10.5. The minimum absolute atomic E-state index is 0.157. The Morgan fingerprint density at radius 2 is 1.75 bits per heavy atom. The van der Waals surface area contributed by atoms with Crippen LogP contribution in [0.1, 0.15) is 35.1 Å². The third-order valence-electron chi connectivity index (χ3n) is 5.37. The molecule has 3 aromatic rings. The number of amides is 1. The summed E-state index contributed by atoms with van der Waals surface area (Å²) in [6.07, 6.45) is 9.02. The third-order valence-corrected chi connectivity index (χ3v) is 5.37. The van der Waals surface area contributed by atoms with Gasteiger partial charge in [0.25, 0.3) is 0 Å². The molecule has 1 heterocycles. The van der Waals surface area contributed by atoms with Crippen LogP contribution >= 0.6 is 0 Å². The maximum absolute atomic E-state index is 15.3. The van der Waals surface area contributed by atoms with Gasteiger partial charge in [0.2, 0.25) is 11.7 Å². The largest absolute Gasteiger partial charge is 0.369 e. The lowest BCUT2D eigenvalue weighted by atomic mass is 10.1. The van der Waals surface area contributed by atoms with E-state index < -0.39 is 5.82 Å². The Labute approximate surface area is 186 Å². The fraction of sp³-hybridized carbons (Fsp3) is 0.240. The molecular formula is C25H24FN5O. The quantitative estimate of drug-likeness (QED) is 0.510. The van der Waals surface area contributed by atoms with E-state index in [4.69, 9.17) is 12.2 Å². The number of nitrogens with one attached hydrogen (secondary N) is 1. The lowest BCUT2D eigenvalue weighted by Crippen LogP contribution is -2.27. The summed E-state index contributed by atoms with van der Waals surface area (Å²) in [5.41, 5.74) is 8.85. The van der Waals surface area contributed by atoms with Crippen molar-refractivity contribution >= 4 is 17.5 Å². The van der Waals surface area contributed by atoms with Gasteiger partial charge < -0.3 is 16.0 Å². The molecule has 1 fully saturated rings. The Balaban J connectivity index is 1.47. The van der Waals surface area contributed by atoms with Crippen molar-refractivity contribution in [2.24, 2.45) is 5.73 Å². The van der Waals surface area contributed by atoms with Crippen LogP contribution in [-0.4, -0.2) is 21.9 Å². The van der Waals surface area contributed by atoms with Gasteiger partial charge >= 0.3 is 0 Å². The van der Waals surface area contributed by atoms with E-state index >= 15 is 4.39 Å². The molecule has 0 aliphatic heterocycles. The number of carbonyl (C=O) groups is 1. The maximum Gasteiger partial charge on any atom is 0.221 e. The molecule has 1 aromatic heterocycles. The van der Waals surface area contributed by atoms with Crippen LogP contribution in [0.5, 0.6) is 0 Å². The molecule has 6 nitrogen and oxygen atoms in total. The number of terminal acetylenes is 1. The molecule has 1 aliphatic rings. The van der Waals surface area contributed by atoms with E-state index in [1.165, 1.54) is 6.33 Å². The summed E-state index contributed by atoms with van der Waals surface area (Å²) in [6.45, 7) is 0.936. The first-order valence-electron chi connectivity index (χ1n) is 10.5. The van der Waals surface area contributed by atoms with Crippen molar-refractivity contribution in [2.45, 2.75) is 38.4 Å². The Morgan fingerprint density at radius 3 is 2.38 bits per heavy atom. The highest BCUT2D eigenvalue weighted by Crippen LogP contribution is 2.34. The lowest BCUT2D eigenvalue weighted by molar-refractivity contribution is -0.117. The van der Waals surface area contributed by atoms with Crippen molar-refractivity contribution in [1.29, 1.82) is 0 Å². The summed E-state index contributed by atoms with van der Waals surface area (Å²) in [7, 11) is 0. The summed E-state index contributed by atoms with van der Waals surface area (Å²) in [5.74, 6) is 2.21. The van der Waals surface area contributed by atoms with Crippen LogP contribution in [0.3, 0.4) is 0 Å². The molecule has 7 heteroatoms. The first kappa shape index (κ1) is 21.3. The fourth-order valence-corrected chi connectivity index (χ4v) is 3.51. The summed E-state index contributed by atoms with van der Waals surface area (Å²) >= 11 is 0. The number of anilines is 2. The second-order valence-electron chi connectivity index (χ2n) is 7.87. The van der Waals surface area contributed by atoms with Gasteiger partial charge in [-0.25, -0.2) is 9.97 Å².